The van der Waals surface area contributed by atoms with Crippen LogP contribution in [0.3, 0.4) is 0 Å². The normalized spacial score (nSPS) is 17.1. The number of para-hydroxylation sites is 1. The number of amides is 2. The van der Waals surface area contributed by atoms with E-state index in [1.807, 2.05) is 39.1 Å². The zero-order valence-electron chi connectivity index (χ0n) is 20.2. The van der Waals surface area contributed by atoms with Crippen LogP contribution >= 0.6 is 0 Å². The molecule has 2 aromatic rings. The van der Waals surface area contributed by atoms with Gasteiger partial charge in [-0.25, -0.2) is 0 Å². The molecule has 0 bridgehead atoms. The van der Waals surface area contributed by atoms with Crippen molar-refractivity contribution >= 4 is 23.3 Å². The summed E-state index contributed by atoms with van der Waals surface area (Å²) in [6.07, 6.45) is 0. The van der Waals surface area contributed by atoms with E-state index in [2.05, 4.69) is 4.90 Å². The fourth-order valence-corrected chi connectivity index (χ4v) is 4.42. The third kappa shape index (κ3) is 4.77. The van der Waals surface area contributed by atoms with E-state index in [-0.39, 0.29) is 30.8 Å². The molecule has 180 valence electrons. The van der Waals surface area contributed by atoms with Gasteiger partial charge in [-0.15, -0.1) is 0 Å². The van der Waals surface area contributed by atoms with Crippen LogP contribution in [0.4, 0.5) is 5.69 Å². The maximum Gasteiger partial charge on any atom is 0.265 e. The molecule has 0 radical (unpaired) electrons. The number of carbonyl (C=O) groups excluding carboxylic acids is 3. The monoisotopic (exact) mass is 465 g/mol. The van der Waals surface area contributed by atoms with Crippen molar-refractivity contribution in [2.45, 2.75) is 26.8 Å². The summed E-state index contributed by atoms with van der Waals surface area (Å²) in [6.45, 7) is 8.17. The number of Topliss-reactive ketones (excluding diaryl/α,β-unsaturated/α-hetero) is 1. The minimum Gasteiger partial charge on any atom is -0.485 e. The number of likely N-dealkylation sites (N-methyl/N-ethyl adjacent to an activating group) is 1. The van der Waals surface area contributed by atoms with Gasteiger partial charge in [0.15, 0.2) is 19.0 Å². The Bertz CT molecular complexity index is 1090. The first-order valence-corrected chi connectivity index (χ1v) is 11.5. The van der Waals surface area contributed by atoms with E-state index >= 15 is 0 Å². The van der Waals surface area contributed by atoms with Gasteiger partial charge in [0, 0.05) is 31.7 Å². The SMILES string of the molecule is Cc1cccc(C)c1OCC(=O)c1ccc2c(c1)N(C(C)C(=O)N1CCN(C)CC1)C(=O)CO2. The number of aryl methyl sites for hydroxylation is 2. The number of nitrogens with zero attached hydrogens (tertiary/aromatic N) is 3. The van der Waals surface area contributed by atoms with Gasteiger partial charge in [0.2, 0.25) is 5.91 Å². The van der Waals surface area contributed by atoms with Crippen LogP contribution in [-0.4, -0.2) is 79.9 Å². The van der Waals surface area contributed by atoms with Crippen molar-refractivity contribution in [1.29, 1.82) is 0 Å². The fourth-order valence-electron chi connectivity index (χ4n) is 4.42. The van der Waals surface area contributed by atoms with Gasteiger partial charge in [-0.3, -0.25) is 19.3 Å². The largest absolute Gasteiger partial charge is 0.485 e. The molecule has 2 aliphatic rings. The fraction of sp³-hybridized carbons (Fsp3) is 0.423. The topological polar surface area (TPSA) is 79.4 Å². The summed E-state index contributed by atoms with van der Waals surface area (Å²) in [5.74, 6) is 0.537. The Morgan fingerprint density at radius 2 is 1.74 bits per heavy atom. The van der Waals surface area contributed by atoms with Gasteiger partial charge >= 0.3 is 0 Å². The maximum atomic E-state index is 13.2. The van der Waals surface area contributed by atoms with Gasteiger partial charge in [-0.05, 0) is 57.1 Å². The summed E-state index contributed by atoms with van der Waals surface area (Å²) >= 11 is 0. The van der Waals surface area contributed by atoms with Gasteiger partial charge in [0.25, 0.3) is 5.91 Å². The van der Waals surface area contributed by atoms with Crippen molar-refractivity contribution in [3.05, 3.63) is 53.1 Å². The Morgan fingerprint density at radius 1 is 1.06 bits per heavy atom. The molecule has 1 atom stereocenters. The second-order valence-electron chi connectivity index (χ2n) is 8.97. The molecule has 4 rings (SSSR count). The molecule has 2 aromatic carbocycles. The summed E-state index contributed by atoms with van der Waals surface area (Å²) in [5, 5.41) is 0. The standard InChI is InChI=1S/C26H31N3O5/c1-17-6-5-7-18(2)25(17)34-15-22(30)20-8-9-23-21(14-20)29(24(31)16-33-23)19(3)26(32)28-12-10-27(4)11-13-28/h5-9,14,19H,10-13,15-16H2,1-4H3. The van der Waals surface area contributed by atoms with Crippen LogP contribution < -0.4 is 14.4 Å². The Kier molecular flexibility index (Phi) is 6.88. The Labute approximate surface area is 200 Å². The van der Waals surface area contributed by atoms with Crippen LogP contribution in [-0.2, 0) is 9.59 Å². The summed E-state index contributed by atoms with van der Waals surface area (Å²) in [5.41, 5.74) is 2.75. The molecule has 2 amide bonds. The molecule has 2 heterocycles. The van der Waals surface area contributed by atoms with Crippen LogP contribution in [0.25, 0.3) is 0 Å². The van der Waals surface area contributed by atoms with Crippen LogP contribution in [0, 0.1) is 13.8 Å². The van der Waals surface area contributed by atoms with Crippen molar-refractivity contribution < 1.29 is 23.9 Å². The van der Waals surface area contributed by atoms with Crippen molar-refractivity contribution in [3.8, 4) is 11.5 Å². The first-order valence-electron chi connectivity index (χ1n) is 11.5. The van der Waals surface area contributed by atoms with Gasteiger partial charge < -0.3 is 19.3 Å². The minimum absolute atomic E-state index is 0.107. The van der Waals surface area contributed by atoms with E-state index < -0.39 is 6.04 Å². The molecule has 1 saturated heterocycles. The first-order chi connectivity index (χ1) is 16.3. The average Bonchev–Trinajstić information content (AvgIpc) is 2.83. The number of anilines is 1. The second kappa shape index (κ2) is 9.85. The minimum atomic E-state index is -0.699. The van der Waals surface area contributed by atoms with Gasteiger partial charge in [0.05, 0.1) is 5.69 Å². The second-order valence-corrected chi connectivity index (χ2v) is 8.97. The molecule has 0 N–H and O–H groups in total. The maximum absolute atomic E-state index is 13.2. The molecule has 34 heavy (non-hydrogen) atoms. The Hall–Kier alpha value is -3.39. The van der Waals surface area contributed by atoms with Crippen molar-refractivity contribution in [2.24, 2.45) is 0 Å². The predicted molar refractivity (Wildman–Crippen MR) is 129 cm³/mol. The van der Waals surface area contributed by atoms with Gasteiger partial charge in [-0.2, -0.15) is 0 Å². The molecular weight excluding hydrogens is 434 g/mol. The lowest BCUT2D eigenvalue weighted by molar-refractivity contribution is -0.136. The van der Waals surface area contributed by atoms with E-state index in [0.29, 0.717) is 35.8 Å². The zero-order chi connectivity index (χ0) is 24.4. The van der Waals surface area contributed by atoms with Gasteiger partial charge in [-0.1, -0.05) is 18.2 Å². The summed E-state index contributed by atoms with van der Waals surface area (Å²) in [4.78, 5) is 44.4. The number of ketones is 1. The molecule has 2 aliphatic heterocycles. The first kappa shape index (κ1) is 23.8. The third-order valence-corrected chi connectivity index (χ3v) is 6.48. The zero-order valence-corrected chi connectivity index (χ0v) is 20.2. The number of benzene rings is 2. The lowest BCUT2D eigenvalue weighted by atomic mass is 10.1. The molecule has 0 aromatic heterocycles. The highest BCUT2D eigenvalue weighted by atomic mass is 16.5. The number of piperazine rings is 1. The number of hydrogen-bond acceptors (Lipinski definition) is 6. The van der Waals surface area contributed by atoms with E-state index in [4.69, 9.17) is 9.47 Å². The van der Waals surface area contributed by atoms with E-state index in [0.717, 1.165) is 24.2 Å². The molecule has 1 fully saturated rings. The predicted octanol–water partition coefficient (Wildman–Crippen LogP) is 2.45. The summed E-state index contributed by atoms with van der Waals surface area (Å²) < 4.78 is 11.4. The number of hydrogen-bond donors (Lipinski definition) is 0. The lowest BCUT2D eigenvalue weighted by Gasteiger charge is -2.38. The number of fused-ring (bicyclic) bond motifs is 1. The van der Waals surface area contributed by atoms with Crippen LogP contribution in [0.2, 0.25) is 0 Å². The Balaban J connectivity index is 1.54. The molecule has 0 saturated carbocycles. The van der Waals surface area contributed by atoms with Crippen LogP contribution in [0.1, 0.15) is 28.4 Å². The van der Waals surface area contributed by atoms with Gasteiger partial charge in [0.1, 0.15) is 17.5 Å². The van der Waals surface area contributed by atoms with E-state index in [9.17, 15) is 14.4 Å². The Morgan fingerprint density at radius 3 is 2.41 bits per heavy atom. The molecule has 8 nitrogen and oxygen atoms in total. The van der Waals surface area contributed by atoms with E-state index in [1.54, 1.807) is 30.0 Å². The number of carbonyl (C=O) groups is 3. The molecule has 1 unspecified atom stereocenters. The van der Waals surface area contributed by atoms with Crippen molar-refractivity contribution in [3.63, 3.8) is 0 Å². The summed E-state index contributed by atoms with van der Waals surface area (Å²) in [6, 6.07) is 10.1. The molecular formula is C26H31N3O5. The summed E-state index contributed by atoms with van der Waals surface area (Å²) in [7, 11) is 2.02. The molecule has 0 spiro atoms. The van der Waals surface area contributed by atoms with Crippen LogP contribution in [0.15, 0.2) is 36.4 Å². The third-order valence-electron chi connectivity index (χ3n) is 6.48. The van der Waals surface area contributed by atoms with Crippen LogP contribution in [0.5, 0.6) is 11.5 Å². The number of ether oxygens (including phenoxy) is 2. The average molecular weight is 466 g/mol. The lowest BCUT2D eigenvalue weighted by Crippen LogP contribution is -2.56. The highest BCUT2D eigenvalue weighted by Crippen LogP contribution is 2.35. The highest BCUT2D eigenvalue weighted by Gasteiger charge is 2.36. The highest BCUT2D eigenvalue weighted by molar-refractivity contribution is 6.05. The molecule has 8 heteroatoms. The number of rotatable bonds is 6. The van der Waals surface area contributed by atoms with Crippen molar-refractivity contribution in [1.82, 2.24) is 9.80 Å². The van der Waals surface area contributed by atoms with E-state index in [1.165, 1.54) is 4.90 Å². The van der Waals surface area contributed by atoms with Crippen molar-refractivity contribution in [2.75, 3.05) is 51.3 Å². The molecule has 0 aliphatic carbocycles. The quantitative estimate of drug-likeness (QED) is 0.610. The smallest absolute Gasteiger partial charge is 0.265 e.